The maximum atomic E-state index is 12.4. The molecule has 1 heterocycles. The number of amides is 2. The summed E-state index contributed by atoms with van der Waals surface area (Å²) in [6.07, 6.45) is 1.93. The number of benzene rings is 1. The summed E-state index contributed by atoms with van der Waals surface area (Å²) in [6, 6.07) is 9.17. The summed E-state index contributed by atoms with van der Waals surface area (Å²) >= 11 is 0. The Bertz CT molecular complexity index is 465. The van der Waals surface area contributed by atoms with E-state index in [-0.39, 0.29) is 23.8 Å². The first-order chi connectivity index (χ1) is 9.50. The number of likely N-dealkylation sites (tertiary alicyclic amines) is 1. The molecule has 0 aliphatic carbocycles. The van der Waals surface area contributed by atoms with Gasteiger partial charge in [0.2, 0.25) is 11.8 Å². The summed E-state index contributed by atoms with van der Waals surface area (Å²) in [6.45, 7) is 3.78. The summed E-state index contributed by atoms with van der Waals surface area (Å²) in [7, 11) is 0. The molecule has 1 aromatic rings. The number of rotatable bonds is 3. The van der Waals surface area contributed by atoms with Crippen LogP contribution in [0.4, 0.5) is 0 Å². The Morgan fingerprint density at radius 3 is 2.50 bits per heavy atom. The molecule has 2 amide bonds. The van der Waals surface area contributed by atoms with Crippen molar-refractivity contribution in [2.24, 2.45) is 11.7 Å². The average Bonchev–Trinajstić information content (AvgIpc) is 2.53. The van der Waals surface area contributed by atoms with Crippen molar-refractivity contribution in [3.05, 3.63) is 35.9 Å². The van der Waals surface area contributed by atoms with Gasteiger partial charge in [0, 0.05) is 12.0 Å². The minimum atomic E-state index is -0.554. The highest BCUT2D eigenvalue weighted by molar-refractivity contribution is 5.99. The highest BCUT2D eigenvalue weighted by Gasteiger charge is 2.36. The van der Waals surface area contributed by atoms with E-state index in [4.69, 9.17) is 5.73 Å². The fraction of sp³-hybridized carbons (Fsp3) is 0.500. The predicted molar refractivity (Wildman–Crippen MR) is 77.8 cm³/mol. The van der Waals surface area contributed by atoms with Crippen LogP contribution in [-0.4, -0.2) is 28.8 Å². The topological polar surface area (TPSA) is 63.4 Å². The minimum absolute atomic E-state index is 0.0913. The van der Waals surface area contributed by atoms with Crippen LogP contribution in [0.15, 0.2) is 30.3 Å². The van der Waals surface area contributed by atoms with Crippen molar-refractivity contribution in [3.63, 3.8) is 0 Å². The van der Waals surface area contributed by atoms with E-state index in [0.29, 0.717) is 19.3 Å². The average molecular weight is 274 g/mol. The molecule has 0 saturated carbocycles. The van der Waals surface area contributed by atoms with Crippen molar-refractivity contribution in [3.8, 4) is 0 Å². The first kappa shape index (κ1) is 14.7. The Kier molecular flexibility index (Phi) is 4.55. The largest absolute Gasteiger partial charge is 0.320 e. The van der Waals surface area contributed by atoms with E-state index in [0.717, 1.165) is 5.56 Å². The molecule has 1 aliphatic rings. The van der Waals surface area contributed by atoms with E-state index < -0.39 is 6.04 Å². The number of carbonyl (C=O) groups is 2. The van der Waals surface area contributed by atoms with Gasteiger partial charge in [0.05, 0.1) is 6.04 Å². The highest BCUT2D eigenvalue weighted by atomic mass is 16.2. The van der Waals surface area contributed by atoms with Crippen LogP contribution >= 0.6 is 0 Å². The first-order valence-corrected chi connectivity index (χ1v) is 7.17. The molecule has 20 heavy (non-hydrogen) atoms. The molecule has 2 N–H and O–H groups in total. The molecule has 0 bridgehead atoms. The maximum absolute atomic E-state index is 12.4. The normalized spacial score (nSPS) is 25.4. The molecule has 1 saturated heterocycles. The Morgan fingerprint density at radius 1 is 1.20 bits per heavy atom. The number of hydrogen-bond donors (Lipinski definition) is 1. The van der Waals surface area contributed by atoms with Crippen molar-refractivity contribution in [1.29, 1.82) is 0 Å². The molecule has 1 aliphatic heterocycles. The van der Waals surface area contributed by atoms with Crippen LogP contribution in [-0.2, 0) is 16.0 Å². The smallest absolute Gasteiger partial charge is 0.246 e. The van der Waals surface area contributed by atoms with Crippen LogP contribution in [0.25, 0.3) is 0 Å². The van der Waals surface area contributed by atoms with Crippen LogP contribution in [0.3, 0.4) is 0 Å². The van der Waals surface area contributed by atoms with E-state index in [1.807, 2.05) is 44.2 Å². The van der Waals surface area contributed by atoms with E-state index in [1.165, 1.54) is 4.90 Å². The van der Waals surface area contributed by atoms with Crippen LogP contribution in [0.2, 0.25) is 0 Å². The second-order valence-corrected chi connectivity index (χ2v) is 5.67. The Balaban J connectivity index is 2.18. The SMILES string of the molecule is CC1CCC(N)C(=O)N([C@@H](C)Cc2ccccc2)C1=O. The molecule has 1 fully saturated rings. The van der Waals surface area contributed by atoms with E-state index in [9.17, 15) is 9.59 Å². The number of carbonyl (C=O) groups excluding carboxylic acids is 2. The van der Waals surface area contributed by atoms with Crippen LogP contribution < -0.4 is 5.73 Å². The number of imide groups is 1. The van der Waals surface area contributed by atoms with Gasteiger partial charge in [0.1, 0.15) is 0 Å². The molecule has 2 rings (SSSR count). The zero-order valence-corrected chi connectivity index (χ0v) is 12.1. The summed E-state index contributed by atoms with van der Waals surface area (Å²) in [4.78, 5) is 26.1. The molecule has 1 aromatic carbocycles. The first-order valence-electron chi connectivity index (χ1n) is 7.17. The third-order valence-corrected chi connectivity index (χ3v) is 3.94. The summed E-state index contributed by atoms with van der Waals surface area (Å²) < 4.78 is 0. The lowest BCUT2D eigenvalue weighted by molar-refractivity contribution is -0.148. The van der Waals surface area contributed by atoms with Crippen LogP contribution in [0, 0.1) is 5.92 Å². The van der Waals surface area contributed by atoms with Gasteiger partial charge in [0.25, 0.3) is 0 Å². The number of nitrogens with two attached hydrogens (primary N) is 1. The number of nitrogens with zero attached hydrogens (tertiary/aromatic N) is 1. The van der Waals surface area contributed by atoms with Gasteiger partial charge in [0.15, 0.2) is 0 Å². The van der Waals surface area contributed by atoms with Gasteiger partial charge in [-0.15, -0.1) is 0 Å². The van der Waals surface area contributed by atoms with Gasteiger partial charge in [-0.05, 0) is 31.7 Å². The van der Waals surface area contributed by atoms with Gasteiger partial charge < -0.3 is 5.73 Å². The third-order valence-electron chi connectivity index (χ3n) is 3.94. The van der Waals surface area contributed by atoms with E-state index >= 15 is 0 Å². The second kappa shape index (κ2) is 6.18. The second-order valence-electron chi connectivity index (χ2n) is 5.67. The third kappa shape index (κ3) is 3.07. The van der Waals surface area contributed by atoms with Crippen molar-refractivity contribution in [2.45, 2.75) is 45.2 Å². The summed E-state index contributed by atoms with van der Waals surface area (Å²) in [5, 5.41) is 0. The lowest BCUT2D eigenvalue weighted by Gasteiger charge is -2.29. The molecular formula is C16H22N2O2. The van der Waals surface area contributed by atoms with Crippen molar-refractivity contribution >= 4 is 11.8 Å². The molecule has 3 atom stereocenters. The zero-order chi connectivity index (χ0) is 14.7. The van der Waals surface area contributed by atoms with Crippen LogP contribution in [0.5, 0.6) is 0 Å². The Labute approximate surface area is 119 Å². The molecule has 0 aromatic heterocycles. The molecule has 0 radical (unpaired) electrons. The van der Waals surface area contributed by atoms with Gasteiger partial charge in [-0.3, -0.25) is 14.5 Å². The molecule has 2 unspecified atom stereocenters. The molecule has 108 valence electrons. The highest BCUT2D eigenvalue weighted by Crippen LogP contribution is 2.21. The van der Waals surface area contributed by atoms with Gasteiger partial charge >= 0.3 is 0 Å². The van der Waals surface area contributed by atoms with Crippen molar-refractivity contribution < 1.29 is 9.59 Å². The fourth-order valence-corrected chi connectivity index (χ4v) is 2.68. The minimum Gasteiger partial charge on any atom is -0.320 e. The fourth-order valence-electron chi connectivity index (χ4n) is 2.68. The summed E-state index contributed by atoms with van der Waals surface area (Å²) in [5.41, 5.74) is 7.00. The molecule has 4 nitrogen and oxygen atoms in total. The quantitative estimate of drug-likeness (QED) is 0.854. The van der Waals surface area contributed by atoms with Gasteiger partial charge in [-0.2, -0.15) is 0 Å². The Hall–Kier alpha value is -1.68. The van der Waals surface area contributed by atoms with E-state index in [1.54, 1.807) is 0 Å². The van der Waals surface area contributed by atoms with Crippen LogP contribution in [0.1, 0.15) is 32.3 Å². The standard InChI is InChI=1S/C16H22N2O2/c1-11-8-9-14(17)16(20)18(15(11)19)12(2)10-13-6-4-3-5-7-13/h3-7,11-12,14H,8-10,17H2,1-2H3/t11?,12-,14?/m0/s1. The monoisotopic (exact) mass is 274 g/mol. The molecule has 0 spiro atoms. The molecular weight excluding hydrogens is 252 g/mol. The zero-order valence-electron chi connectivity index (χ0n) is 12.1. The van der Waals surface area contributed by atoms with E-state index in [2.05, 4.69) is 0 Å². The summed E-state index contributed by atoms with van der Waals surface area (Å²) in [5.74, 6) is -0.458. The lowest BCUT2D eigenvalue weighted by atomic mass is 10.0. The van der Waals surface area contributed by atoms with Gasteiger partial charge in [-0.1, -0.05) is 37.3 Å². The van der Waals surface area contributed by atoms with Crippen molar-refractivity contribution in [2.75, 3.05) is 0 Å². The molecule has 4 heteroatoms. The Morgan fingerprint density at radius 2 is 1.85 bits per heavy atom. The van der Waals surface area contributed by atoms with Crippen molar-refractivity contribution in [1.82, 2.24) is 4.90 Å². The number of hydrogen-bond acceptors (Lipinski definition) is 3. The van der Waals surface area contributed by atoms with Gasteiger partial charge in [-0.25, -0.2) is 0 Å². The maximum Gasteiger partial charge on any atom is 0.246 e. The predicted octanol–water partition coefficient (Wildman–Crippen LogP) is 1.73. The lowest BCUT2D eigenvalue weighted by Crippen LogP contribution is -2.50.